The molecule has 0 saturated heterocycles. The highest BCUT2D eigenvalue weighted by molar-refractivity contribution is 6.31. The van der Waals surface area contributed by atoms with Crippen molar-refractivity contribution in [3.63, 3.8) is 0 Å². The second kappa shape index (κ2) is 4.72. The summed E-state index contributed by atoms with van der Waals surface area (Å²) in [5, 5.41) is 1.78. The first-order valence-electron chi connectivity index (χ1n) is 6.17. The maximum absolute atomic E-state index is 6.19. The van der Waals surface area contributed by atoms with Crippen LogP contribution in [0.3, 0.4) is 0 Å². The third-order valence-electron chi connectivity index (χ3n) is 3.30. The molecule has 0 atom stereocenters. The molecule has 0 aliphatic rings. The van der Waals surface area contributed by atoms with Crippen molar-refractivity contribution in [2.45, 2.75) is 13.5 Å². The summed E-state index contributed by atoms with van der Waals surface area (Å²) >= 11 is 6.19. The van der Waals surface area contributed by atoms with E-state index in [0.717, 1.165) is 33.4 Å². The highest BCUT2D eigenvalue weighted by Crippen LogP contribution is 2.31. The van der Waals surface area contributed by atoms with E-state index >= 15 is 0 Å². The molecule has 1 aromatic heterocycles. The van der Waals surface area contributed by atoms with Gasteiger partial charge in [0.05, 0.1) is 0 Å². The molecule has 0 unspecified atom stereocenters. The second-order valence-electron chi connectivity index (χ2n) is 4.61. The monoisotopic (exact) mass is 271 g/mol. The van der Waals surface area contributed by atoms with Crippen LogP contribution < -0.4 is 5.73 Å². The molecule has 0 saturated carbocycles. The van der Waals surface area contributed by atoms with Crippen molar-refractivity contribution in [1.29, 1.82) is 0 Å². The molecule has 2 aromatic carbocycles. The van der Waals surface area contributed by atoms with E-state index < -0.39 is 0 Å². The van der Waals surface area contributed by atoms with Gasteiger partial charge in [0.2, 0.25) is 0 Å². The molecular weight excluding hydrogens is 258 g/mol. The van der Waals surface area contributed by atoms with Crippen LogP contribution in [0.2, 0.25) is 5.02 Å². The molecule has 2 nitrogen and oxygen atoms in total. The standard InChI is InChI=1S/C16H14ClNO/c1-10-3-2-4-12-8-15(19-16(10)12)11-5-6-13(9-18)14(17)7-11/h2-8H,9,18H2,1H3. The summed E-state index contributed by atoms with van der Waals surface area (Å²) in [4.78, 5) is 0. The Balaban J connectivity index is 2.14. The molecule has 0 spiro atoms. The zero-order valence-electron chi connectivity index (χ0n) is 10.6. The van der Waals surface area contributed by atoms with Gasteiger partial charge in [-0.1, -0.05) is 41.9 Å². The summed E-state index contributed by atoms with van der Waals surface area (Å²) in [6.45, 7) is 2.48. The van der Waals surface area contributed by atoms with Crippen molar-refractivity contribution < 1.29 is 4.42 Å². The third kappa shape index (κ3) is 2.14. The number of hydrogen-bond acceptors (Lipinski definition) is 2. The van der Waals surface area contributed by atoms with Gasteiger partial charge in [0.15, 0.2) is 0 Å². The maximum atomic E-state index is 6.19. The largest absolute Gasteiger partial charge is 0.456 e. The molecule has 19 heavy (non-hydrogen) atoms. The van der Waals surface area contributed by atoms with Crippen LogP contribution in [0.25, 0.3) is 22.3 Å². The number of benzene rings is 2. The van der Waals surface area contributed by atoms with Gasteiger partial charge in [-0.05, 0) is 30.2 Å². The van der Waals surface area contributed by atoms with Crippen LogP contribution in [-0.2, 0) is 6.54 Å². The summed E-state index contributed by atoms with van der Waals surface area (Å²) in [6.07, 6.45) is 0. The minimum Gasteiger partial charge on any atom is -0.456 e. The Bertz CT molecular complexity index is 746. The van der Waals surface area contributed by atoms with E-state index in [1.165, 1.54) is 0 Å². The molecule has 96 valence electrons. The smallest absolute Gasteiger partial charge is 0.137 e. The Labute approximate surface area is 116 Å². The Morgan fingerprint density at radius 3 is 2.68 bits per heavy atom. The van der Waals surface area contributed by atoms with Crippen LogP contribution in [0.4, 0.5) is 0 Å². The molecular formula is C16H14ClNO. The predicted octanol–water partition coefficient (Wildman–Crippen LogP) is 4.52. The highest BCUT2D eigenvalue weighted by atomic mass is 35.5. The summed E-state index contributed by atoms with van der Waals surface area (Å²) in [6, 6.07) is 14.0. The molecule has 0 amide bonds. The first-order chi connectivity index (χ1) is 9.19. The Morgan fingerprint density at radius 2 is 2.00 bits per heavy atom. The fourth-order valence-corrected chi connectivity index (χ4v) is 2.47. The minimum atomic E-state index is 0.443. The van der Waals surface area contributed by atoms with Gasteiger partial charge in [-0.2, -0.15) is 0 Å². The maximum Gasteiger partial charge on any atom is 0.137 e. The molecule has 0 aliphatic heterocycles. The van der Waals surface area contributed by atoms with Crippen LogP contribution in [0.5, 0.6) is 0 Å². The van der Waals surface area contributed by atoms with Crippen molar-refractivity contribution >= 4 is 22.6 Å². The molecule has 0 bridgehead atoms. The van der Waals surface area contributed by atoms with Crippen LogP contribution in [0.1, 0.15) is 11.1 Å². The SMILES string of the molecule is Cc1cccc2cc(-c3ccc(CN)c(Cl)c3)oc12. The number of halogens is 1. The fraction of sp³-hybridized carbons (Fsp3) is 0.125. The molecule has 3 rings (SSSR count). The molecule has 2 N–H and O–H groups in total. The van der Waals surface area contributed by atoms with Crippen LogP contribution in [-0.4, -0.2) is 0 Å². The van der Waals surface area contributed by atoms with E-state index in [4.69, 9.17) is 21.8 Å². The topological polar surface area (TPSA) is 39.2 Å². The van der Waals surface area contributed by atoms with Gasteiger partial charge in [0.1, 0.15) is 11.3 Å². The average molecular weight is 272 g/mol. The van der Waals surface area contributed by atoms with Gasteiger partial charge in [0, 0.05) is 22.5 Å². The summed E-state index contributed by atoms with van der Waals surface area (Å²) in [5.74, 6) is 0.828. The normalized spacial score (nSPS) is 11.1. The number of furan rings is 1. The van der Waals surface area contributed by atoms with Gasteiger partial charge in [-0.3, -0.25) is 0 Å². The van der Waals surface area contributed by atoms with Gasteiger partial charge >= 0.3 is 0 Å². The Hall–Kier alpha value is -1.77. The molecule has 0 radical (unpaired) electrons. The first-order valence-corrected chi connectivity index (χ1v) is 6.55. The van der Waals surface area contributed by atoms with Gasteiger partial charge in [0.25, 0.3) is 0 Å². The average Bonchev–Trinajstić information content (AvgIpc) is 2.84. The summed E-state index contributed by atoms with van der Waals surface area (Å²) in [7, 11) is 0. The van der Waals surface area contributed by atoms with Crippen molar-refractivity contribution in [3.05, 3.63) is 58.6 Å². The lowest BCUT2D eigenvalue weighted by atomic mass is 10.1. The number of para-hydroxylation sites is 1. The summed E-state index contributed by atoms with van der Waals surface area (Å²) < 4.78 is 5.92. The lowest BCUT2D eigenvalue weighted by Gasteiger charge is -2.03. The van der Waals surface area contributed by atoms with Gasteiger partial charge in [-0.25, -0.2) is 0 Å². The Kier molecular flexibility index (Phi) is 3.05. The molecule has 0 aliphatic carbocycles. The number of hydrogen-bond donors (Lipinski definition) is 1. The van der Waals surface area contributed by atoms with Crippen molar-refractivity contribution in [3.8, 4) is 11.3 Å². The van der Waals surface area contributed by atoms with Crippen molar-refractivity contribution in [1.82, 2.24) is 0 Å². The van der Waals surface area contributed by atoms with Crippen LogP contribution in [0, 0.1) is 6.92 Å². The van der Waals surface area contributed by atoms with Gasteiger partial charge in [-0.15, -0.1) is 0 Å². The van der Waals surface area contributed by atoms with Crippen molar-refractivity contribution in [2.24, 2.45) is 5.73 Å². The van der Waals surface area contributed by atoms with E-state index in [-0.39, 0.29) is 0 Å². The van der Waals surface area contributed by atoms with Gasteiger partial charge < -0.3 is 10.2 Å². The molecule has 1 heterocycles. The second-order valence-corrected chi connectivity index (χ2v) is 5.02. The van der Waals surface area contributed by atoms with E-state index in [1.54, 1.807) is 0 Å². The van der Waals surface area contributed by atoms with E-state index in [0.29, 0.717) is 11.6 Å². The lowest BCUT2D eigenvalue weighted by Crippen LogP contribution is -1.96. The quantitative estimate of drug-likeness (QED) is 0.744. The molecule has 0 fully saturated rings. The Morgan fingerprint density at radius 1 is 1.16 bits per heavy atom. The summed E-state index contributed by atoms with van der Waals surface area (Å²) in [5.41, 5.74) is 9.59. The number of rotatable bonds is 2. The molecule has 3 heteroatoms. The minimum absolute atomic E-state index is 0.443. The zero-order chi connectivity index (χ0) is 13.4. The number of fused-ring (bicyclic) bond motifs is 1. The lowest BCUT2D eigenvalue weighted by molar-refractivity contribution is 0.629. The van der Waals surface area contributed by atoms with Crippen molar-refractivity contribution in [2.75, 3.05) is 0 Å². The number of aryl methyl sites for hydroxylation is 1. The van der Waals surface area contributed by atoms with E-state index in [9.17, 15) is 0 Å². The van der Waals surface area contributed by atoms with Crippen LogP contribution >= 0.6 is 11.6 Å². The number of nitrogens with two attached hydrogens (primary N) is 1. The first kappa shape index (κ1) is 12.3. The van der Waals surface area contributed by atoms with Crippen LogP contribution in [0.15, 0.2) is 46.9 Å². The van der Waals surface area contributed by atoms with E-state index in [2.05, 4.69) is 0 Å². The third-order valence-corrected chi connectivity index (χ3v) is 3.65. The molecule has 3 aromatic rings. The highest BCUT2D eigenvalue weighted by Gasteiger charge is 2.09. The predicted molar refractivity (Wildman–Crippen MR) is 79.3 cm³/mol. The fourth-order valence-electron chi connectivity index (χ4n) is 2.22. The van der Waals surface area contributed by atoms with E-state index in [1.807, 2.05) is 49.4 Å². The zero-order valence-corrected chi connectivity index (χ0v) is 11.4.